The molecule has 1 unspecified atom stereocenters. The number of hydrogen-bond acceptors (Lipinski definition) is 5. The van der Waals surface area contributed by atoms with Crippen LogP contribution in [-0.2, 0) is 16.0 Å². The standard InChI is InChI=1S/C29H41NO6/c1-4-10-24(11-5-2)22-30(29(33)36-26-12-8-7-9-13-26)18-19-35-25-16-14-23(15-17-25)20-27(34-6-3)21-28(31)32/h7-9,12-17,24,27H,4-6,10-11,18-22H2,1-3H3,(H,31,32). The lowest BCUT2D eigenvalue weighted by Gasteiger charge is -2.27. The highest BCUT2D eigenvalue weighted by molar-refractivity contribution is 5.70. The molecule has 0 spiro atoms. The van der Waals surface area contributed by atoms with Crippen molar-refractivity contribution >= 4 is 12.1 Å². The summed E-state index contributed by atoms with van der Waals surface area (Å²) in [5, 5.41) is 9.07. The Bertz CT molecular complexity index is 880. The van der Waals surface area contributed by atoms with E-state index in [0.29, 0.717) is 50.1 Å². The third kappa shape index (κ3) is 11.1. The number of aliphatic carboxylic acids is 1. The van der Waals surface area contributed by atoms with Crippen LogP contribution in [0.4, 0.5) is 4.79 Å². The molecular weight excluding hydrogens is 458 g/mol. The maximum atomic E-state index is 13.0. The summed E-state index contributed by atoms with van der Waals surface area (Å²) in [7, 11) is 0. The van der Waals surface area contributed by atoms with Crippen molar-refractivity contribution in [3.05, 3.63) is 60.2 Å². The van der Waals surface area contributed by atoms with Gasteiger partial charge in [-0.3, -0.25) is 4.79 Å². The van der Waals surface area contributed by atoms with Crippen LogP contribution in [-0.4, -0.2) is 54.5 Å². The highest BCUT2D eigenvalue weighted by atomic mass is 16.6. The number of carbonyl (C=O) groups is 2. The average Bonchev–Trinajstić information content (AvgIpc) is 2.85. The van der Waals surface area contributed by atoms with E-state index in [1.165, 1.54) is 0 Å². The van der Waals surface area contributed by atoms with Gasteiger partial charge in [0.15, 0.2) is 0 Å². The molecule has 0 aliphatic rings. The smallest absolute Gasteiger partial charge is 0.415 e. The minimum Gasteiger partial charge on any atom is -0.492 e. The molecule has 7 nitrogen and oxygen atoms in total. The van der Waals surface area contributed by atoms with E-state index in [1.807, 2.05) is 49.4 Å². The van der Waals surface area contributed by atoms with E-state index in [-0.39, 0.29) is 18.6 Å². The molecule has 1 N–H and O–H groups in total. The number of carboxylic acids is 1. The van der Waals surface area contributed by atoms with Crippen LogP contribution in [0.3, 0.4) is 0 Å². The van der Waals surface area contributed by atoms with Crippen LogP contribution in [0.25, 0.3) is 0 Å². The zero-order chi connectivity index (χ0) is 26.2. The molecule has 2 aromatic rings. The van der Waals surface area contributed by atoms with Gasteiger partial charge in [-0.1, -0.05) is 57.0 Å². The van der Waals surface area contributed by atoms with E-state index in [0.717, 1.165) is 31.2 Å². The van der Waals surface area contributed by atoms with Crippen molar-refractivity contribution in [2.24, 2.45) is 5.92 Å². The van der Waals surface area contributed by atoms with E-state index in [4.69, 9.17) is 19.3 Å². The van der Waals surface area contributed by atoms with Gasteiger partial charge in [0.2, 0.25) is 0 Å². The molecule has 7 heteroatoms. The lowest BCUT2D eigenvalue weighted by molar-refractivity contribution is -0.140. The third-order valence-electron chi connectivity index (χ3n) is 5.90. The van der Waals surface area contributed by atoms with Crippen molar-refractivity contribution in [3.8, 4) is 11.5 Å². The molecule has 0 fully saturated rings. The van der Waals surface area contributed by atoms with Gasteiger partial charge in [0.25, 0.3) is 0 Å². The minimum atomic E-state index is -0.871. The van der Waals surface area contributed by atoms with Crippen LogP contribution in [0.2, 0.25) is 0 Å². The molecule has 0 radical (unpaired) electrons. The van der Waals surface area contributed by atoms with E-state index in [9.17, 15) is 9.59 Å². The highest BCUT2D eigenvalue weighted by Crippen LogP contribution is 2.19. The first kappa shape index (κ1) is 29.2. The van der Waals surface area contributed by atoms with Crippen molar-refractivity contribution in [2.75, 3.05) is 26.3 Å². The lowest BCUT2D eigenvalue weighted by atomic mass is 9.98. The molecular formula is C29H41NO6. The van der Waals surface area contributed by atoms with Crippen molar-refractivity contribution in [3.63, 3.8) is 0 Å². The summed E-state index contributed by atoms with van der Waals surface area (Å²) in [5.74, 6) is 0.773. The van der Waals surface area contributed by atoms with E-state index in [1.54, 1.807) is 17.0 Å². The van der Waals surface area contributed by atoms with Crippen LogP contribution >= 0.6 is 0 Å². The number of ether oxygens (including phenoxy) is 3. The second-order valence-corrected chi connectivity index (χ2v) is 8.94. The molecule has 0 heterocycles. The van der Waals surface area contributed by atoms with Crippen molar-refractivity contribution < 1.29 is 28.9 Å². The van der Waals surface area contributed by atoms with Gasteiger partial charge < -0.3 is 24.2 Å². The van der Waals surface area contributed by atoms with Gasteiger partial charge in [-0.05, 0) is 61.9 Å². The fourth-order valence-corrected chi connectivity index (χ4v) is 4.24. The van der Waals surface area contributed by atoms with Crippen LogP contribution < -0.4 is 9.47 Å². The average molecular weight is 500 g/mol. The quantitative estimate of drug-likeness (QED) is 0.279. The molecule has 1 atom stereocenters. The fraction of sp³-hybridized carbons (Fsp3) is 0.517. The second-order valence-electron chi connectivity index (χ2n) is 8.94. The van der Waals surface area contributed by atoms with Crippen molar-refractivity contribution in [1.82, 2.24) is 4.90 Å². The molecule has 0 aliphatic heterocycles. The molecule has 0 saturated heterocycles. The summed E-state index contributed by atoms with van der Waals surface area (Å²) in [6.45, 7) is 8.06. The summed E-state index contributed by atoms with van der Waals surface area (Å²) >= 11 is 0. The number of para-hydroxylation sites is 1. The van der Waals surface area contributed by atoms with Gasteiger partial charge in [-0.25, -0.2) is 4.79 Å². The number of amides is 1. The largest absolute Gasteiger partial charge is 0.492 e. The fourth-order valence-electron chi connectivity index (χ4n) is 4.24. The van der Waals surface area contributed by atoms with Crippen molar-refractivity contribution in [1.29, 1.82) is 0 Å². The Morgan fingerprint density at radius 3 is 2.17 bits per heavy atom. The minimum absolute atomic E-state index is 0.0297. The van der Waals surface area contributed by atoms with Crippen LogP contribution in [0.15, 0.2) is 54.6 Å². The molecule has 0 aromatic heterocycles. The highest BCUT2D eigenvalue weighted by Gasteiger charge is 2.20. The predicted molar refractivity (Wildman–Crippen MR) is 141 cm³/mol. The van der Waals surface area contributed by atoms with Gasteiger partial charge in [-0.15, -0.1) is 0 Å². The topological polar surface area (TPSA) is 85.3 Å². The SMILES string of the molecule is CCCC(CCC)CN(CCOc1ccc(CC(CC(=O)O)OCC)cc1)C(=O)Oc1ccccc1. The monoisotopic (exact) mass is 499 g/mol. The number of carbonyl (C=O) groups excluding carboxylic acids is 1. The number of carboxylic acid groups (broad SMARTS) is 1. The summed E-state index contributed by atoms with van der Waals surface area (Å²) < 4.78 is 17.1. The van der Waals surface area contributed by atoms with Gasteiger partial charge in [-0.2, -0.15) is 0 Å². The molecule has 0 saturated carbocycles. The summed E-state index contributed by atoms with van der Waals surface area (Å²) in [6.07, 6.45) is 4.05. The first-order chi connectivity index (χ1) is 17.4. The Kier molecular flexibility index (Phi) is 13.4. The Morgan fingerprint density at radius 2 is 1.58 bits per heavy atom. The molecule has 36 heavy (non-hydrogen) atoms. The van der Waals surface area contributed by atoms with Crippen molar-refractivity contribution in [2.45, 2.75) is 65.4 Å². The number of hydrogen-bond donors (Lipinski definition) is 1. The maximum absolute atomic E-state index is 13.0. The summed E-state index contributed by atoms with van der Waals surface area (Å²) in [4.78, 5) is 25.8. The van der Waals surface area contributed by atoms with Crippen LogP contribution in [0, 0.1) is 5.92 Å². The van der Waals surface area contributed by atoms with Crippen LogP contribution in [0.5, 0.6) is 11.5 Å². The molecule has 1 amide bonds. The summed E-state index contributed by atoms with van der Waals surface area (Å²) in [6, 6.07) is 16.7. The maximum Gasteiger partial charge on any atom is 0.415 e. The van der Waals surface area contributed by atoms with E-state index >= 15 is 0 Å². The molecule has 2 aromatic carbocycles. The normalized spacial score (nSPS) is 11.8. The zero-order valence-corrected chi connectivity index (χ0v) is 21.9. The first-order valence-corrected chi connectivity index (χ1v) is 13.0. The van der Waals surface area contributed by atoms with Gasteiger partial charge in [0, 0.05) is 13.2 Å². The number of rotatable bonds is 17. The zero-order valence-electron chi connectivity index (χ0n) is 21.9. The molecule has 2 rings (SSSR count). The summed E-state index contributed by atoms with van der Waals surface area (Å²) in [5.41, 5.74) is 0.983. The van der Waals surface area contributed by atoms with E-state index in [2.05, 4.69) is 13.8 Å². The van der Waals surface area contributed by atoms with E-state index < -0.39 is 5.97 Å². The number of nitrogens with zero attached hydrogens (tertiary/aromatic N) is 1. The molecule has 0 bridgehead atoms. The van der Waals surface area contributed by atoms with Crippen LogP contribution in [0.1, 0.15) is 58.4 Å². The lowest BCUT2D eigenvalue weighted by Crippen LogP contribution is -2.40. The molecule has 198 valence electrons. The van der Waals surface area contributed by atoms with Gasteiger partial charge in [0.1, 0.15) is 18.1 Å². The predicted octanol–water partition coefficient (Wildman–Crippen LogP) is 6.21. The Labute approximate surface area is 215 Å². The third-order valence-corrected chi connectivity index (χ3v) is 5.90. The Morgan fingerprint density at radius 1 is 0.917 bits per heavy atom. The Hall–Kier alpha value is -3.06. The first-order valence-electron chi connectivity index (χ1n) is 13.0. The van der Waals surface area contributed by atoms with Gasteiger partial charge >= 0.3 is 12.1 Å². The van der Waals surface area contributed by atoms with Gasteiger partial charge in [0.05, 0.1) is 19.1 Å². The Balaban J connectivity index is 1.96. The number of benzene rings is 2. The molecule has 0 aliphatic carbocycles. The second kappa shape index (κ2) is 16.6.